The van der Waals surface area contributed by atoms with Crippen molar-refractivity contribution in [2.45, 2.75) is 37.6 Å². The quantitative estimate of drug-likeness (QED) is 0.797. The third-order valence-corrected chi connectivity index (χ3v) is 4.83. The number of terminal acetylenes is 1. The van der Waals surface area contributed by atoms with Crippen LogP contribution in [-0.4, -0.2) is 13.1 Å². The number of fused-ring (bicyclic) bond motifs is 3. The summed E-state index contributed by atoms with van der Waals surface area (Å²) >= 11 is 0. The normalized spacial score (nSPS) is 29.9. The fraction of sp³-hybridized carbons (Fsp3) is 0.529. The monoisotopic (exact) mass is 239 g/mol. The Morgan fingerprint density at radius 2 is 2.28 bits per heavy atom. The molecule has 3 rings (SSSR count). The molecular weight excluding hydrogens is 218 g/mol. The van der Waals surface area contributed by atoms with Gasteiger partial charge in [0.1, 0.15) is 0 Å². The Morgan fingerprint density at radius 1 is 1.44 bits per heavy atom. The smallest absolute Gasteiger partial charge is 0.0110 e. The molecule has 0 radical (unpaired) electrons. The van der Waals surface area contributed by atoms with E-state index in [-0.39, 0.29) is 0 Å². The zero-order valence-electron chi connectivity index (χ0n) is 11.0. The van der Waals surface area contributed by atoms with Gasteiger partial charge in [-0.05, 0) is 55.2 Å². The molecule has 4 unspecified atom stereocenters. The number of hydrogen-bond acceptors (Lipinski definition) is 1. The molecular formula is C17H21N. The van der Waals surface area contributed by atoms with Gasteiger partial charge in [-0.3, -0.25) is 0 Å². The molecule has 1 N–H and O–H groups in total. The van der Waals surface area contributed by atoms with E-state index in [1.54, 1.807) is 11.1 Å². The summed E-state index contributed by atoms with van der Waals surface area (Å²) in [6, 6.07) is 9.59. The van der Waals surface area contributed by atoms with E-state index in [0.717, 1.165) is 30.6 Å². The van der Waals surface area contributed by atoms with Gasteiger partial charge in [-0.25, -0.2) is 0 Å². The Balaban J connectivity index is 1.77. The predicted octanol–water partition coefficient (Wildman–Crippen LogP) is 2.96. The second-order valence-corrected chi connectivity index (χ2v) is 5.64. The lowest BCUT2D eigenvalue weighted by atomic mass is 9.92. The van der Waals surface area contributed by atoms with Crippen LogP contribution in [0.5, 0.6) is 0 Å². The molecule has 18 heavy (non-hydrogen) atoms. The Kier molecular flexibility index (Phi) is 3.14. The number of aryl methyl sites for hydroxylation is 1. The molecule has 2 aliphatic rings. The maximum atomic E-state index is 5.40. The summed E-state index contributed by atoms with van der Waals surface area (Å²) in [5, 5.41) is 3.49. The Bertz CT molecular complexity index is 471. The molecule has 1 aromatic carbocycles. The van der Waals surface area contributed by atoms with Gasteiger partial charge in [0.15, 0.2) is 0 Å². The van der Waals surface area contributed by atoms with E-state index < -0.39 is 0 Å². The summed E-state index contributed by atoms with van der Waals surface area (Å²) in [7, 11) is 2.08. The molecule has 2 aliphatic carbocycles. The lowest BCUT2D eigenvalue weighted by Gasteiger charge is -2.15. The fourth-order valence-electron chi connectivity index (χ4n) is 3.94. The van der Waals surface area contributed by atoms with E-state index in [1.807, 2.05) is 0 Å². The highest BCUT2D eigenvalue weighted by Gasteiger charge is 2.55. The van der Waals surface area contributed by atoms with Gasteiger partial charge >= 0.3 is 0 Å². The number of rotatable bonds is 4. The second kappa shape index (κ2) is 4.78. The summed E-state index contributed by atoms with van der Waals surface area (Å²) in [4.78, 5) is 0. The van der Waals surface area contributed by atoms with E-state index in [1.165, 1.54) is 12.8 Å². The van der Waals surface area contributed by atoms with Crippen LogP contribution in [0.15, 0.2) is 24.3 Å². The Labute approximate surface area is 110 Å². The van der Waals surface area contributed by atoms with Crippen LogP contribution in [0.1, 0.15) is 36.3 Å². The molecule has 0 bridgehead atoms. The van der Waals surface area contributed by atoms with Crippen molar-refractivity contribution in [3.05, 3.63) is 35.4 Å². The van der Waals surface area contributed by atoms with Gasteiger partial charge < -0.3 is 5.32 Å². The molecule has 1 aromatic rings. The maximum Gasteiger partial charge on any atom is 0.0110 e. The van der Waals surface area contributed by atoms with Gasteiger partial charge in [0.25, 0.3) is 0 Å². The molecule has 0 aliphatic heterocycles. The van der Waals surface area contributed by atoms with Crippen LogP contribution in [0.3, 0.4) is 0 Å². The average molecular weight is 239 g/mol. The first-order chi connectivity index (χ1) is 8.86. The molecule has 1 nitrogen and oxygen atoms in total. The van der Waals surface area contributed by atoms with Crippen molar-refractivity contribution in [1.29, 1.82) is 0 Å². The first-order valence-electron chi connectivity index (χ1n) is 7.05. The SMILES string of the molecule is C#CCCC(NC)C1C2CCc3ccccc3C21. The third-order valence-electron chi connectivity index (χ3n) is 4.83. The lowest BCUT2D eigenvalue weighted by molar-refractivity contribution is 0.444. The van der Waals surface area contributed by atoms with Crippen molar-refractivity contribution in [2.75, 3.05) is 7.05 Å². The Hall–Kier alpha value is -1.26. The molecule has 94 valence electrons. The first kappa shape index (κ1) is 11.8. The molecule has 0 spiro atoms. The van der Waals surface area contributed by atoms with Gasteiger partial charge in [0.05, 0.1) is 0 Å². The van der Waals surface area contributed by atoms with Crippen LogP contribution in [0.2, 0.25) is 0 Å². The van der Waals surface area contributed by atoms with Crippen molar-refractivity contribution >= 4 is 0 Å². The highest BCUT2D eigenvalue weighted by molar-refractivity contribution is 5.40. The second-order valence-electron chi connectivity index (χ2n) is 5.64. The van der Waals surface area contributed by atoms with Crippen molar-refractivity contribution in [3.63, 3.8) is 0 Å². The molecule has 0 saturated heterocycles. The minimum absolute atomic E-state index is 0.599. The Morgan fingerprint density at radius 3 is 3.06 bits per heavy atom. The lowest BCUT2D eigenvalue weighted by Crippen LogP contribution is -2.28. The van der Waals surface area contributed by atoms with Crippen molar-refractivity contribution in [2.24, 2.45) is 11.8 Å². The average Bonchev–Trinajstić information content (AvgIpc) is 3.15. The van der Waals surface area contributed by atoms with Gasteiger partial charge in [-0.1, -0.05) is 24.3 Å². The van der Waals surface area contributed by atoms with Gasteiger partial charge in [-0.2, -0.15) is 0 Å². The summed E-state index contributed by atoms with van der Waals surface area (Å²) in [6.45, 7) is 0. The van der Waals surface area contributed by atoms with Crippen LogP contribution < -0.4 is 5.32 Å². The molecule has 1 fully saturated rings. The van der Waals surface area contributed by atoms with E-state index in [0.29, 0.717) is 6.04 Å². The van der Waals surface area contributed by atoms with E-state index in [2.05, 4.69) is 42.6 Å². The molecule has 1 heteroatoms. The standard InChI is InChI=1S/C17H21N/c1-3-4-9-15(18-2)17-14-11-10-12-7-5-6-8-13(12)16(14)17/h1,5-8,14-18H,4,9-11H2,2H3. The molecule has 0 heterocycles. The highest BCUT2D eigenvalue weighted by Crippen LogP contribution is 2.61. The molecule has 0 aromatic heterocycles. The highest BCUT2D eigenvalue weighted by atomic mass is 14.9. The van der Waals surface area contributed by atoms with Crippen LogP contribution in [0, 0.1) is 24.2 Å². The fourth-order valence-corrected chi connectivity index (χ4v) is 3.94. The minimum Gasteiger partial charge on any atom is -0.317 e. The number of hydrogen-bond donors (Lipinski definition) is 1. The van der Waals surface area contributed by atoms with E-state index in [4.69, 9.17) is 6.42 Å². The summed E-state index contributed by atoms with van der Waals surface area (Å²) in [6.07, 6.45) is 10.0. The number of nitrogens with one attached hydrogen (secondary N) is 1. The number of benzene rings is 1. The zero-order valence-corrected chi connectivity index (χ0v) is 11.0. The van der Waals surface area contributed by atoms with Crippen molar-refractivity contribution in [3.8, 4) is 12.3 Å². The van der Waals surface area contributed by atoms with Crippen molar-refractivity contribution < 1.29 is 0 Å². The predicted molar refractivity (Wildman–Crippen MR) is 75.4 cm³/mol. The summed E-state index contributed by atoms with van der Waals surface area (Å²) in [5.74, 6) is 5.28. The topological polar surface area (TPSA) is 12.0 Å². The third kappa shape index (κ3) is 1.85. The van der Waals surface area contributed by atoms with Crippen LogP contribution >= 0.6 is 0 Å². The molecule has 1 saturated carbocycles. The van der Waals surface area contributed by atoms with Crippen LogP contribution in [0.4, 0.5) is 0 Å². The van der Waals surface area contributed by atoms with Gasteiger partial charge in [0, 0.05) is 12.5 Å². The summed E-state index contributed by atoms with van der Waals surface area (Å²) in [5.41, 5.74) is 3.19. The minimum atomic E-state index is 0.599. The largest absolute Gasteiger partial charge is 0.317 e. The van der Waals surface area contributed by atoms with Crippen molar-refractivity contribution in [1.82, 2.24) is 5.32 Å². The molecule has 4 atom stereocenters. The van der Waals surface area contributed by atoms with E-state index in [9.17, 15) is 0 Å². The summed E-state index contributed by atoms with van der Waals surface area (Å²) < 4.78 is 0. The zero-order chi connectivity index (χ0) is 12.5. The van der Waals surface area contributed by atoms with E-state index >= 15 is 0 Å². The van der Waals surface area contributed by atoms with Gasteiger partial charge in [-0.15, -0.1) is 12.3 Å². The maximum absolute atomic E-state index is 5.40. The first-order valence-corrected chi connectivity index (χ1v) is 7.05. The molecule has 0 amide bonds. The van der Waals surface area contributed by atoms with Crippen LogP contribution in [0.25, 0.3) is 0 Å². The van der Waals surface area contributed by atoms with Crippen LogP contribution in [-0.2, 0) is 6.42 Å². The van der Waals surface area contributed by atoms with Gasteiger partial charge in [0.2, 0.25) is 0 Å².